The number of hydrogen-bond donors (Lipinski definition) is 2. The second-order valence-electron chi connectivity index (χ2n) is 7.38. The van der Waals surface area contributed by atoms with Crippen LogP contribution in [-0.2, 0) is 16.1 Å². The van der Waals surface area contributed by atoms with Crippen molar-refractivity contribution in [2.75, 3.05) is 19.6 Å². The minimum Gasteiger partial charge on any atom is -0.356 e. The Labute approximate surface area is 168 Å². The summed E-state index contributed by atoms with van der Waals surface area (Å²) < 4.78 is 0. The van der Waals surface area contributed by atoms with Crippen molar-refractivity contribution >= 4 is 24.2 Å². The highest BCUT2D eigenvalue weighted by atomic mass is 35.5. The molecule has 1 aliphatic rings. The van der Waals surface area contributed by atoms with E-state index in [0.29, 0.717) is 31.8 Å². The van der Waals surface area contributed by atoms with Gasteiger partial charge in [0.1, 0.15) is 0 Å². The molecule has 2 rings (SSSR count). The van der Waals surface area contributed by atoms with Gasteiger partial charge in [-0.3, -0.25) is 14.6 Å². The summed E-state index contributed by atoms with van der Waals surface area (Å²) in [5, 5.41) is 6.27. The molecule has 2 heterocycles. The lowest BCUT2D eigenvalue weighted by Gasteiger charge is -2.31. The number of hydrogen-bond acceptors (Lipinski definition) is 4. The molecule has 1 unspecified atom stereocenters. The molecule has 0 aromatic carbocycles. The molecule has 1 saturated heterocycles. The molecule has 1 aromatic rings. The van der Waals surface area contributed by atoms with Crippen LogP contribution >= 0.6 is 12.4 Å². The molecule has 0 bridgehead atoms. The van der Waals surface area contributed by atoms with Gasteiger partial charge in [-0.2, -0.15) is 0 Å². The molecule has 27 heavy (non-hydrogen) atoms. The van der Waals surface area contributed by atoms with Crippen molar-refractivity contribution < 1.29 is 9.59 Å². The van der Waals surface area contributed by atoms with Crippen LogP contribution < -0.4 is 10.6 Å². The highest BCUT2D eigenvalue weighted by Gasteiger charge is 2.25. The van der Waals surface area contributed by atoms with Gasteiger partial charge in [0.15, 0.2) is 0 Å². The van der Waals surface area contributed by atoms with E-state index in [1.54, 1.807) is 6.20 Å². The number of rotatable bonds is 8. The van der Waals surface area contributed by atoms with Crippen molar-refractivity contribution in [3.8, 4) is 0 Å². The molecule has 7 heteroatoms. The number of nitrogens with zero attached hydrogens (tertiary/aromatic N) is 2. The molecule has 2 amide bonds. The van der Waals surface area contributed by atoms with Gasteiger partial charge in [-0.1, -0.05) is 19.9 Å². The van der Waals surface area contributed by atoms with Crippen LogP contribution in [0.5, 0.6) is 0 Å². The Morgan fingerprint density at radius 1 is 1.30 bits per heavy atom. The molecule has 1 aromatic heterocycles. The summed E-state index contributed by atoms with van der Waals surface area (Å²) in [6.45, 7) is 6.90. The Morgan fingerprint density at radius 2 is 2.11 bits per heavy atom. The van der Waals surface area contributed by atoms with Crippen LogP contribution in [0.3, 0.4) is 0 Å². The number of carbonyl (C=O) groups excluding carboxylic acids is 2. The molecule has 0 radical (unpaired) electrons. The van der Waals surface area contributed by atoms with Crippen LogP contribution in [0.2, 0.25) is 0 Å². The summed E-state index contributed by atoms with van der Waals surface area (Å²) >= 11 is 0. The molecule has 1 aliphatic heterocycles. The summed E-state index contributed by atoms with van der Waals surface area (Å²) in [7, 11) is 0. The van der Waals surface area contributed by atoms with Gasteiger partial charge in [-0.15, -0.1) is 12.4 Å². The van der Waals surface area contributed by atoms with Gasteiger partial charge < -0.3 is 15.5 Å². The minimum absolute atomic E-state index is 0. The molecule has 6 nitrogen and oxygen atoms in total. The lowest BCUT2D eigenvalue weighted by atomic mass is 10.1. The van der Waals surface area contributed by atoms with Gasteiger partial charge in [-0.25, -0.2) is 0 Å². The van der Waals surface area contributed by atoms with Crippen molar-refractivity contribution in [2.45, 2.75) is 58.5 Å². The summed E-state index contributed by atoms with van der Waals surface area (Å²) in [6, 6.07) is 6.02. The zero-order valence-corrected chi connectivity index (χ0v) is 17.3. The van der Waals surface area contributed by atoms with E-state index in [0.717, 1.165) is 38.0 Å². The molecular weight excluding hydrogens is 364 g/mol. The molecule has 152 valence electrons. The van der Waals surface area contributed by atoms with Gasteiger partial charge in [-0.05, 0) is 50.4 Å². The summed E-state index contributed by atoms with van der Waals surface area (Å²) in [5.41, 5.74) is 0.905. The zero-order valence-electron chi connectivity index (χ0n) is 16.4. The van der Waals surface area contributed by atoms with E-state index < -0.39 is 0 Å². The van der Waals surface area contributed by atoms with Crippen molar-refractivity contribution in [3.63, 3.8) is 0 Å². The monoisotopic (exact) mass is 396 g/mol. The Bertz CT molecular complexity index is 560. The van der Waals surface area contributed by atoms with E-state index in [9.17, 15) is 9.59 Å². The lowest BCUT2D eigenvalue weighted by Crippen LogP contribution is -2.42. The molecule has 1 atom stereocenters. The summed E-state index contributed by atoms with van der Waals surface area (Å²) in [6.07, 6.45) is 5.63. The van der Waals surface area contributed by atoms with Crippen LogP contribution in [-0.4, -0.2) is 47.4 Å². The Kier molecular flexibility index (Phi) is 11.0. The minimum atomic E-state index is 0. The van der Waals surface area contributed by atoms with Crippen LogP contribution in [0.15, 0.2) is 24.4 Å². The first-order chi connectivity index (χ1) is 12.6. The van der Waals surface area contributed by atoms with Gasteiger partial charge in [0.05, 0.1) is 12.2 Å². The first kappa shape index (κ1) is 23.4. The van der Waals surface area contributed by atoms with Crippen molar-refractivity contribution in [3.05, 3.63) is 30.1 Å². The predicted molar refractivity (Wildman–Crippen MR) is 110 cm³/mol. The number of nitrogens with one attached hydrogen (secondary N) is 2. The quantitative estimate of drug-likeness (QED) is 0.708. The number of pyridine rings is 1. The van der Waals surface area contributed by atoms with Crippen molar-refractivity contribution in [1.29, 1.82) is 0 Å². The zero-order chi connectivity index (χ0) is 18.8. The van der Waals surface area contributed by atoms with Gasteiger partial charge >= 0.3 is 0 Å². The van der Waals surface area contributed by atoms with Gasteiger partial charge in [0.25, 0.3) is 0 Å². The first-order valence-corrected chi connectivity index (χ1v) is 9.73. The second kappa shape index (κ2) is 12.7. The highest BCUT2D eigenvalue weighted by molar-refractivity contribution is 5.85. The third-order valence-electron chi connectivity index (χ3n) is 4.62. The third kappa shape index (κ3) is 8.71. The number of carbonyl (C=O) groups is 2. The maximum absolute atomic E-state index is 12.9. The second-order valence-corrected chi connectivity index (χ2v) is 7.38. The van der Waals surface area contributed by atoms with Gasteiger partial charge in [0, 0.05) is 31.6 Å². The van der Waals surface area contributed by atoms with E-state index >= 15 is 0 Å². The predicted octanol–water partition coefficient (Wildman–Crippen LogP) is 2.53. The molecule has 2 N–H and O–H groups in total. The molecule has 0 aliphatic carbocycles. The average molecular weight is 397 g/mol. The van der Waals surface area contributed by atoms with Crippen molar-refractivity contribution in [1.82, 2.24) is 20.5 Å². The summed E-state index contributed by atoms with van der Waals surface area (Å²) in [5.74, 6) is 0.431. The van der Waals surface area contributed by atoms with Crippen LogP contribution in [0.25, 0.3) is 0 Å². The summed E-state index contributed by atoms with van der Waals surface area (Å²) in [4.78, 5) is 31.0. The lowest BCUT2D eigenvalue weighted by molar-refractivity contribution is -0.134. The fourth-order valence-electron chi connectivity index (χ4n) is 3.29. The third-order valence-corrected chi connectivity index (χ3v) is 4.62. The molecule has 1 fully saturated rings. The topological polar surface area (TPSA) is 74.3 Å². The fourth-order valence-corrected chi connectivity index (χ4v) is 3.29. The normalized spacial score (nSPS) is 16.9. The maximum atomic E-state index is 12.9. The van der Waals surface area contributed by atoms with Crippen molar-refractivity contribution in [2.24, 2.45) is 5.92 Å². The number of aromatic nitrogens is 1. The Hall–Kier alpha value is -1.66. The van der Waals surface area contributed by atoms with E-state index in [1.807, 2.05) is 36.9 Å². The van der Waals surface area contributed by atoms with E-state index in [2.05, 4.69) is 15.6 Å². The number of amides is 2. The Balaban J connectivity index is 0.00000364. The maximum Gasteiger partial charge on any atom is 0.224 e. The van der Waals surface area contributed by atoms with E-state index in [4.69, 9.17) is 0 Å². The average Bonchev–Trinajstić information content (AvgIpc) is 2.89. The van der Waals surface area contributed by atoms with Crippen LogP contribution in [0.1, 0.15) is 51.6 Å². The van der Waals surface area contributed by atoms with Crippen LogP contribution in [0, 0.1) is 5.92 Å². The van der Waals surface area contributed by atoms with E-state index in [-0.39, 0.29) is 30.3 Å². The number of halogens is 1. The Morgan fingerprint density at radius 3 is 2.81 bits per heavy atom. The largest absolute Gasteiger partial charge is 0.356 e. The molecular formula is C20H33ClN4O2. The smallest absolute Gasteiger partial charge is 0.224 e. The molecule has 0 saturated carbocycles. The fraction of sp³-hybridized carbons (Fsp3) is 0.650. The van der Waals surface area contributed by atoms with E-state index in [1.165, 1.54) is 0 Å². The van der Waals surface area contributed by atoms with Crippen LogP contribution in [0.4, 0.5) is 0 Å². The SMILES string of the molecule is CC(C)CC(=O)NCCC(=O)N(Cc1ccccn1)C1CCCNCC1.Cl. The first-order valence-electron chi connectivity index (χ1n) is 9.73. The standard InChI is InChI=1S/C20H32N4O2.ClH/c1-16(2)14-19(25)23-13-9-20(26)24(15-17-6-3-4-11-22-17)18-7-5-10-21-12-8-18;/h3-4,6,11,16,18,21H,5,7-10,12-15H2,1-2H3,(H,23,25);1H. The molecule has 0 spiro atoms. The highest BCUT2D eigenvalue weighted by Crippen LogP contribution is 2.17. The van der Waals surface area contributed by atoms with Gasteiger partial charge in [0.2, 0.25) is 11.8 Å².